The van der Waals surface area contributed by atoms with Gasteiger partial charge in [-0.2, -0.15) is 0 Å². The summed E-state index contributed by atoms with van der Waals surface area (Å²) < 4.78 is 0. The van der Waals surface area contributed by atoms with Gasteiger partial charge in [-0.05, 0) is 26.0 Å². The molecule has 0 radical (unpaired) electrons. The molecule has 0 aliphatic heterocycles. The van der Waals surface area contributed by atoms with Crippen molar-refractivity contribution in [3.8, 4) is 0 Å². The van der Waals surface area contributed by atoms with E-state index in [1.54, 1.807) is 6.20 Å². The highest BCUT2D eigenvalue weighted by molar-refractivity contribution is 5.79. The molecule has 0 saturated heterocycles. The van der Waals surface area contributed by atoms with Gasteiger partial charge in [-0.3, -0.25) is 9.88 Å². The zero-order chi connectivity index (χ0) is 12.7. The van der Waals surface area contributed by atoms with Gasteiger partial charge in [0.15, 0.2) is 0 Å². The Bertz CT molecular complexity index is 351. The van der Waals surface area contributed by atoms with Crippen molar-refractivity contribution >= 4 is 5.84 Å². The lowest BCUT2D eigenvalue weighted by Gasteiger charge is -2.25. The highest BCUT2D eigenvalue weighted by Crippen LogP contribution is 2.06. The van der Waals surface area contributed by atoms with Gasteiger partial charge in [0.25, 0.3) is 0 Å². The molecule has 5 nitrogen and oxygen atoms in total. The average Bonchev–Trinajstić information content (AvgIpc) is 2.34. The summed E-state index contributed by atoms with van der Waals surface area (Å²) in [6.45, 7) is 5.77. The minimum Gasteiger partial charge on any atom is -0.409 e. The van der Waals surface area contributed by atoms with E-state index in [0.29, 0.717) is 12.5 Å². The molecule has 0 atom stereocenters. The van der Waals surface area contributed by atoms with Crippen molar-refractivity contribution in [2.45, 2.75) is 32.9 Å². The topological polar surface area (TPSA) is 74.7 Å². The smallest absolute Gasteiger partial charge is 0.140 e. The van der Waals surface area contributed by atoms with Crippen LogP contribution in [0.2, 0.25) is 0 Å². The number of pyridine rings is 1. The molecule has 0 bridgehead atoms. The van der Waals surface area contributed by atoms with Crippen LogP contribution in [-0.4, -0.2) is 33.5 Å². The van der Waals surface area contributed by atoms with E-state index in [0.717, 1.165) is 18.8 Å². The van der Waals surface area contributed by atoms with Crippen molar-refractivity contribution in [2.75, 3.05) is 6.54 Å². The molecule has 94 valence electrons. The maximum Gasteiger partial charge on any atom is 0.140 e. The maximum atomic E-state index is 8.51. The summed E-state index contributed by atoms with van der Waals surface area (Å²) in [7, 11) is 0. The van der Waals surface area contributed by atoms with Gasteiger partial charge in [0.1, 0.15) is 5.84 Å². The number of nitrogens with zero attached hydrogens (tertiary/aromatic N) is 3. The van der Waals surface area contributed by atoms with Gasteiger partial charge >= 0.3 is 0 Å². The van der Waals surface area contributed by atoms with Crippen LogP contribution in [0, 0.1) is 0 Å². The number of hydrogen-bond donors (Lipinski definition) is 2. The van der Waals surface area contributed by atoms with Crippen molar-refractivity contribution in [3.63, 3.8) is 0 Å². The first kappa shape index (κ1) is 13.4. The minimum absolute atomic E-state index is 0.261. The third kappa shape index (κ3) is 4.82. The Morgan fingerprint density at radius 2 is 2.29 bits per heavy atom. The fourth-order valence-corrected chi connectivity index (χ4v) is 1.53. The van der Waals surface area contributed by atoms with Crippen LogP contribution in [0.4, 0.5) is 0 Å². The van der Waals surface area contributed by atoms with Gasteiger partial charge in [-0.25, -0.2) is 0 Å². The van der Waals surface area contributed by atoms with Gasteiger partial charge in [-0.15, -0.1) is 0 Å². The molecule has 3 N–H and O–H groups in total. The summed E-state index contributed by atoms with van der Waals surface area (Å²) in [6, 6.07) is 6.27. The highest BCUT2D eigenvalue weighted by Gasteiger charge is 2.11. The van der Waals surface area contributed by atoms with Crippen LogP contribution in [0.1, 0.15) is 26.0 Å². The Balaban J connectivity index is 2.55. The van der Waals surface area contributed by atoms with E-state index in [1.165, 1.54) is 0 Å². The van der Waals surface area contributed by atoms with Crippen molar-refractivity contribution in [3.05, 3.63) is 30.1 Å². The second-order valence-corrected chi connectivity index (χ2v) is 4.23. The predicted octanol–water partition coefficient (Wildman–Crippen LogP) is 1.43. The maximum absolute atomic E-state index is 8.51. The average molecular weight is 236 g/mol. The summed E-state index contributed by atoms with van der Waals surface area (Å²) in [4.78, 5) is 6.53. The molecule has 0 amide bonds. The number of rotatable bonds is 6. The predicted molar refractivity (Wildman–Crippen MR) is 67.8 cm³/mol. The van der Waals surface area contributed by atoms with Crippen molar-refractivity contribution < 1.29 is 5.21 Å². The summed E-state index contributed by atoms with van der Waals surface area (Å²) in [5.41, 5.74) is 6.50. The molecule has 1 aromatic rings. The highest BCUT2D eigenvalue weighted by atomic mass is 16.4. The Kier molecular flexibility index (Phi) is 5.42. The van der Waals surface area contributed by atoms with Crippen LogP contribution in [0.15, 0.2) is 29.6 Å². The summed E-state index contributed by atoms with van der Waals surface area (Å²) >= 11 is 0. The SMILES string of the molecule is CC(C)N(CC/C(N)=N/O)Cc1ccccn1. The molecule has 1 rings (SSSR count). The number of aromatic nitrogens is 1. The van der Waals surface area contributed by atoms with Crippen molar-refractivity contribution in [2.24, 2.45) is 10.9 Å². The second-order valence-electron chi connectivity index (χ2n) is 4.23. The molecular formula is C12H20N4O. The van der Waals surface area contributed by atoms with E-state index in [2.05, 4.69) is 28.9 Å². The molecule has 0 fully saturated rings. The van der Waals surface area contributed by atoms with E-state index in [4.69, 9.17) is 10.9 Å². The van der Waals surface area contributed by atoms with Gasteiger partial charge in [-0.1, -0.05) is 11.2 Å². The summed E-state index contributed by atoms with van der Waals surface area (Å²) in [5.74, 6) is 0.261. The van der Waals surface area contributed by atoms with Crippen LogP contribution in [0.5, 0.6) is 0 Å². The molecular weight excluding hydrogens is 216 g/mol. The third-order valence-electron chi connectivity index (χ3n) is 2.61. The van der Waals surface area contributed by atoms with Gasteiger partial charge in [0.2, 0.25) is 0 Å². The number of nitrogens with two attached hydrogens (primary N) is 1. The van der Waals surface area contributed by atoms with E-state index < -0.39 is 0 Å². The Morgan fingerprint density at radius 3 is 2.82 bits per heavy atom. The first-order valence-electron chi connectivity index (χ1n) is 5.74. The van der Waals surface area contributed by atoms with E-state index in [1.807, 2.05) is 18.2 Å². The molecule has 17 heavy (non-hydrogen) atoms. The van der Waals surface area contributed by atoms with Crippen LogP contribution < -0.4 is 5.73 Å². The molecule has 1 aromatic heterocycles. The number of amidine groups is 1. The lowest BCUT2D eigenvalue weighted by atomic mass is 10.2. The van der Waals surface area contributed by atoms with Crippen molar-refractivity contribution in [1.82, 2.24) is 9.88 Å². The van der Waals surface area contributed by atoms with E-state index in [-0.39, 0.29) is 5.84 Å². The molecule has 0 aliphatic carbocycles. The monoisotopic (exact) mass is 236 g/mol. The van der Waals surface area contributed by atoms with E-state index >= 15 is 0 Å². The zero-order valence-electron chi connectivity index (χ0n) is 10.4. The van der Waals surface area contributed by atoms with Crippen LogP contribution in [-0.2, 0) is 6.54 Å². The molecule has 5 heteroatoms. The number of oxime groups is 1. The standard InChI is InChI=1S/C12H20N4O/c1-10(2)16(8-6-12(13)15-17)9-11-5-3-4-7-14-11/h3-5,7,10,17H,6,8-9H2,1-2H3,(H2,13,15). The summed E-state index contributed by atoms with van der Waals surface area (Å²) in [5, 5.41) is 11.5. The Hall–Kier alpha value is -1.62. The Labute approximate surface area is 102 Å². The molecule has 0 spiro atoms. The van der Waals surface area contributed by atoms with Crippen molar-refractivity contribution in [1.29, 1.82) is 0 Å². The molecule has 0 unspecified atom stereocenters. The van der Waals surface area contributed by atoms with E-state index in [9.17, 15) is 0 Å². The Morgan fingerprint density at radius 1 is 1.53 bits per heavy atom. The molecule has 0 aliphatic rings. The third-order valence-corrected chi connectivity index (χ3v) is 2.61. The van der Waals surface area contributed by atoms with Gasteiger partial charge in [0, 0.05) is 31.7 Å². The minimum atomic E-state index is 0.261. The van der Waals surface area contributed by atoms with Crippen LogP contribution >= 0.6 is 0 Å². The second kappa shape index (κ2) is 6.85. The van der Waals surface area contributed by atoms with Gasteiger partial charge < -0.3 is 10.9 Å². The first-order chi connectivity index (χ1) is 8.13. The largest absolute Gasteiger partial charge is 0.409 e. The van der Waals surface area contributed by atoms with Gasteiger partial charge in [0.05, 0.1) is 5.69 Å². The first-order valence-corrected chi connectivity index (χ1v) is 5.74. The molecule has 0 aromatic carbocycles. The molecule has 1 heterocycles. The van der Waals surface area contributed by atoms with Crippen LogP contribution in [0.25, 0.3) is 0 Å². The fraction of sp³-hybridized carbons (Fsp3) is 0.500. The lowest BCUT2D eigenvalue weighted by molar-refractivity contribution is 0.215. The molecule has 0 saturated carbocycles. The van der Waals surface area contributed by atoms with Crippen LogP contribution in [0.3, 0.4) is 0 Å². The summed E-state index contributed by atoms with van der Waals surface area (Å²) in [6.07, 6.45) is 2.35. The quantitative estimate of drug-likeness (QED) is 0.339. The normalized spacial score (nSPS) is 12.4. The number of hydrogen-bond acceptors (Lipinski definition) is 4. The fourth-order valence-electron chi connectivity index (χ4n) is 1.53. The lowest BCUT2D eigenvalue weighted by Crippen LogP contribution is -2.33. The zero-order valence-corrected chi connectivity index (χ0v) is 10.4.